The van der Waals surface area contributed by atoms with E-state index in [4.69, 9.17) is 11.6 Å². The van der Waals surface area contributed by atoms with Crippen molar-refractivity contribution in [2.75, 3.05) is 13.1 Å². The first kappa shape index (κ1) is 16.8. The van der Waals surface area contributed by atoms with E-state index in [2.05, 4.69) is 0 Å². The predicted octanol–water partition coefficient (Wildman–Crippen LogP) is 3.40. The number of hydrogen-bond donors (Lipinski definition) is 1. The Labute approximate surface area is 145 Å². The minimum atomic E-state index is -0.882. The molecule has 1 aliphatic rings. The van der Waals surface area contributed by atoms with Crippen LogP contribution in [0.15, 0.2) is 24.3 Å². The Bertz CT molecular complexity index is 788. The lowest BCUT2D eigenvalue weighted by Crippen LogP contribution is -2.41. The third-order valence-corrected chi connectivity index (χ3v) is 5.75. The Hall–Kier alpha value is -2.01. The number of amides is 1. The lowest BCUT2D eigenvalue weighted by molar-refractivity contribution is -0.150. The molecule has 1 atom stereocenters. The van der Waals surface area contributed by atoms with Gasteiger partial charge in [0.15, 0.2) is 0 Å². The maximum absolute atomic E-state index is 13.0. The van der Waals surface area contributed by atoms with E-state index in [1.54, 1.807) is 9.47 Å². The number of carbonyl (C=O) groups is 2. The summed E-state index contributed by atoms with van der Waals surface area (Å²) in [6.07, 6.45) is 0.466. The Kier molecular flexibility index (Phi) is 4.08. The van der Waals surface area contributed by atoms with Crippen molar-refractivity contribution in [1.82, 2.24) is 9.47 Å². The molecule has 1 amide bonds. The van der Waals surface area contributed by atoms with Gasteiger partial charge >= 0.3 is 5.97 Å². The van der Waals surface area contributed by atoms with Gasteiger partial charge in [0.25, 0.3) is 5.91 Å². The zero-order valence-electron chi connectivity index (χ0n) is 14.0. The molecule has 1 saturated heterocycles. The van der Waals surface area contributed by atoms with Crippen LogP contribution in [0.4, 0.5) is 0 Å². The highest BCUT2D eigenvalue weighted by Gasteiger charge is 2.49. The quantitative estimate of drug-likeness (QED) is 0.924. The van der Waals surface area contributed by atoms with E-state index in [9.17, 15) is 14.7 Å². The first-order valence-electron chi connectivity index (χ1n) is 8.05. The molecule has 128 valence electrons. The lowest BCUT2D eigenvalue weighted by atomic mass is 9.76. The number of carboxylic acid groups (broad SMARTS) is 1. The van der Waals surface area contributed by atoms with Gasteiger partial charge in [-0.3, -0.25) is 9.59 Å². The van der Waals surface area contributed by atoms with Crippen molar-refractivity contribution in [2.45, 2.75) is 20.3 Å². The maximum Gasteiger partial charge on any atom is 0.311 e. The zero-order valence-corrected chi connectivity index (χ0v) is 14.8. The summed E-state index contributed by atoms with van der Waals surface area (Å²) in [6.45, 7) is 4.44. The molecule has 0 bridgehead atoms. The first-order valence-corrected chi connectivity index (χ1v) is 8.43. The second-order valence-corrected chi connectivity index (χ2v) is 7.21. The van der Waals surface area contributed by atoms with Crippen LogP contribution in [0.2, 0.25) is 5.02 Å². The number of benzene rings is 1. The number of para-hydroxylation sites is 1. The molecular formula is C18H21ClN2O3. The van der Waals surface area contributed by atoms with Crippen molar-refractivity contribution in [3.8, 4) is 0 Å². The summed E-state index contributed by atoms with van der Waals surface area (Å²) in [5.41, 5.74) is 0.424. The number of nitrogens with zero attached hydrogens (tertiary/aromatic N) is 2. The topological polar surface area (TPSA) is 62.5 Å². The normalized spacial score (nSPS) is 21.0. The molecule has 1 aliphatic heterocycles. The SMILES string of the molecule is CC(C)C1(C(=O)O)CCN(C(=O)c2c(Cl)c3ccccc3n2C)C1. The first-order chi connectivity index (χ1) is 11.3. The minimum absolute atomic E-state index is 0.0456. The van der Waals surface area contributed by atoms with Crippen LogP contribution < -0.4 is 0 Å². The fourth-order valence-electron chi connectivity index (χ4n) is 3.63. The van der Waals surface area contributed by atoms with E-state index < -0.39 is 11.4 Å². The summed E-state index contributed by atoms with van der Waals surface area (Å²) in [5.74, 6) is -1.09. The summed E-state index contributed by atoms with van der Waals surface area (Å²) < 4.78 is 1.79. The largest absolute Gasteiger partial charge is 0.481 e. The average Bonchev–Trinajstić information content (AvgIpc) is 3.10. The Balaban J connectivity index is 1.98. The van der Waals surface area contributed by atoms with Crippen LogP contribution in [0.3, 0.4) is 0 Å². The van der Waals surface area contributed by atoms with Gasteiger partial charge in [-0.05, 0) is 18.4 Å². The van der Waals surface area contributed by atoms with E-state index in [0.717, 1.165) is 10.9 Å². The lowest BCUT2D eigenvalue weighted by Gasteiger charge is -2.28. The third kappa shape index (κ3) is 2.30. The van der Waals surface area contributed by atoms with Gasteiger partial charge in [-0.2, -0.15) is 0 Å². The number of aliphatic carboxylic acids is 1. The number of rotatable bonds is 3. The number of fused-ring (bicyclic) bond motifs is 1. The number of aryl methyl sites for hydroxylation is 1. The number of carboxylic acids is 1. The van der Waals surface area contributed by atoms with Crippen molar-refractivity contribution >= 4 is 34.4 Å². The molecule has 2 aromatic rings. The van der Waals surface area contributed by atoms with Crippen LogP contribution in [-0.2, 0) is 11.8 Å². The van der Waals surface area contributed by atoms with Gasteiger partial charge in [-0.1, -0.05) is 43.6 Å². The fraction of sp³-hybridized carbons (Fsp3) is 0.444. The molecular weight excluding hydrogens is 328 g/mol. The monoisotopic (exact) mass is 348 g/mol. The smallest absolute Gasteiger partial charge is 0.311 e. The van der Waals surface area contributed by atoms with Gasteiger partial charge < -0.3 is 14.6 Å². The number of halogens is 1. The standard InChI is InChI=1S/C18H21ClN2O3/c1-11(2)18(17(23)24)8-9-21(10-18)16(22)15-14(19)12-6-4-5-7-13(12)20(15)3/h4-7,11H,8-10H2,1-3H3,(H,23,24). The third-order valence-electron chi connectivity index (χ3n) is 5.37. The molecule has 2 heterocycles. The molecule has 1 N–H and O–H groups in total. The van der Waals surface area contributed by atoms with Crippen LogP contribution in [0, 0.1) is 11.3 Å². The van der Waals surface area contributed by atoms with Crippen molar-refractivity contribution < 1.29 is 14.7 Å². The highest BCUT2D eigenvalue weighted by atomic mass is 35.5. The van der Waals surface area contributed by atoms with E-state index in [-0.39, 0.29) is 18.4 Å². The minimum Gasteiger partial charge on any atom is -0.481 e. The van der Waals surface area contributed by atoms with Gasteiger partial charge in [0, 0.05) is 31.0 Å². The zero-order chi connectivity index (χ0) is 17.6. The molecule has 0 aliphatic carbocycles. The summed E-state index contributed by atoms with van der Waals surface area (Å²) in [6, 6.07) is 7.58. The van der Waals surface area contributed by atoms with Crippen molar-refractivity contribution in [1.29, 1.82) is 0 Å². The van der Waals surface area contributed by atoms with Crippen LogP contribution in [0.5, 0.6) is 0 Å². The summed E-state index contributed by atoms with van der Waals surface area (Å²) >= 11 is 6.45. The number of hydrogen-bond acceptors (Lipinski definition) is 2. The predicted molar refractivity (Wildman–Crippen MR) is 93.4 cm³/mol. The number of carbonyl (C=O) groups excluding carboxylic acids is 1. The van der Waals surface area contributed by atoms with Crippen LogP contribution in [0.1, 0.15) is 30.8 Å². The molecule has 0 radical (unpaired) electrons. The Morgan fingerprint density at radius 1 is 1.29 bits per heavy atom. The van der Waals surface area contributed by atoms with Crippen LogP contribution in [-0.4, -0.2) is 39.5 Å². The molecule has 1 aromatic heterocycles. The van der Waals surface area contributed by atoms with Gasteiger partial charge in [0.1, 0.15) is 5.69 Å². The van der Waals surface area contributed by atoms with Crippen LogP contribution >= 0.6 is 11.6 Å². The van der Waals surface area contributed by atoms with Gasteiger partial charge in [-0.25, -0.2) is 0 Å². The Morgan fingerprint density at radius 2 is 1.96 bits per heavy atom. The fourth-order valence-corrected chi connectivity index (χ4v) is 4.00. The van der Waals surface area contributed by atoms with E-state index >= 15 is 0 Å². The summed E-state index contributed by atoms with van der Waals surface area (Å²) in [4.78, 5) is 26.4. The molecule has 0 spiro atoms. The van der Waals surface area contributed by atoms with Gasteiger partial charge in [0.05, 0.1) is 10.4 Å². The summed E-state index contributed by atoms with van der Waals surface area (Å²) in [5, 5.41) is 10.9. The molecule has 1 unspecified atom stereocenters. The highest BCUT2D eigenvalue weighted by Crippen LogP contribution is 2.40. The van der Waals surface area contributed by atoms with Crippen molar-refractivity contribution in [3.05, 3.63) is 35.0 Å². The van der Waals surface area contributed by atoms with E-state index in [1.807, 2.05) is 45.2 Å². The number of likely N-dealkylation sites (tertiary alicyclic amines) is 1. The van der Waals surface area contributed by atoms with E-state index in [1.165, 1.54) is 0 Å². The Morgan fingerprint density at radius 3 is 2.50 bits per heavy atom. The molecule has 0 saturated carbocycles. The van der Waals surface area contributed by atoms with Gasteiger partial charge in [-0.15, -0.1) is 0 Å². The molecule has 3 rings (SSSR count). The van der Waals surface area contributed by atoms with E-state index in [0.29, 0.717) is 23.7 Å². The van der Waals surface area contributed by atoms with Crippen molar-refractivity contribution in [2.24, 2.45) is 18.4 Å². The summed E-state index contributed by atoms with van der Waals surface area (Å²) in [7, 11) is 1.81. The van der Waals surface area contributed by atoms with Crippen LogP contribution in [0.25, 0.3) is 10.9 Å². The van der Waals surface area contributed by atoms with Crippen molar-refractivity contribution in [3.63, 3.8) is 0 Å². The average molecular weight is 349 g/mol. The molecule has 1 fully saturated rings. The highest BCUT2D eigenvalue weighted by molar-refractivity contribution is 6.38. The second kappa shape index (κ2) is 5.81. The molecule has 6 heteroatoms. The maximum atomic E-state index is 13.0. The molecule has 1 aromatic carbocycles. The number of aromatic nitrogens is 1. The second-order valence-electron chi connectivity index (χ2n) is 6.83. The van der Waals surface area contributed by atoms with Gasteiger partial charge in [0.2, 0.25) is 0 Å². The molecule has 24 heavy (non-hydrogen) atoms. The molecule has 5 nitrogen and oxygen atoms in total.